The third kappa shape index (κ3) is 3.29. The summed E-state index contributed by atoms with van der Waals surface area (Å²) in [6, 6.07) is 9.12. The number of hydrogen-bond acceptors (Lipinski definition) is 5. The molecule has 0 aliphatic rings. The maximum Gasteiger partial charge on any atom is 0.326 e. The van der Waals surface area contributed by atoms with E-state index in [1.165, 1.54) is 6.33 Å². The van der Waals surface area contributed by atoms with Crippen LogP contribution in [0.3, 0.4) is 0 Å². The van der Waals surface area contributed by atoms with E-state index in [9.17, 15) is 0 Å². The number of aromatic nitrogens is 2. The topological polar surface area (TPSA) is 81.3 Å². The molecule has 91 valence electrons. The van der Waals surface area contributed by atoms with Crippen molar-refractivity contribution in [3.8, 4) is 5.88 Å². The number of nitrogens with zero attached hydrogens (tertiary/aromatic N) is 2. The quantitative estimate of drug-likeness (QED) is 0.706. The van der Waals surface area contributed by atoms with Gasteiger partial charge < -0.3 is 15.5 Å². The second kappa shape index (κ2) is 6.14. The van der Waals surface area contributed by atoms with Crippen molar-refractivity contribution in [2.75, 3.05) is 0 Å². The van der Waals surface area contributed by atoms with Gasteiger partial charge in [-0.25, -0.2) is 9.97 Å². The van der Waals surface area contributed by atoms with Crippen LogP contribution in [0.2, 0.25) is 0 Å². The Bertz CT molecular complexity index is 475. The normalized spacial score (nSPS) is 10.1. The molecule has 0 fully saturated rings. The van der Waals surface area contributed by atoms with Crippen LogP contribution in [0.5, 0.6) is 5.88 Å². The van der Waals surface area contributed by atoms with E-state index in [0.717, 1.165) is 24.2 Å². The lowest BCUT2D eigenvalue weighted by atomic mass is 9.88. The van der Waals surface area contributed by atoms with Crippen molar-refractivity contribution >= 4 is 12.9 Å². The fourth-order valence-corrected chi connectivity index (χ4v) is 1.49. The predicted octanol–water partition coefficient (Wildman–Crippen LogP) is -0.249. The van der Waals surface area contributed by atoms with E-state index in [1.54, 1.807) is 12.1 Å². The van der Waals surface area contributed by atoms with E-state index in [4.69, 9.17) is 15.5 Å². The maximum absolute atomic E-state index is 8.92. The minimum Gasteiger partial charge on any atom is -0.473 e. The molecule has 2 rings (SSSR count). The van der Waals surface area contributed by atoms with Crippen LogP contribution in [0, 0.1) is 0 Å². The molecule has 0 spiro atoms. The third-order valence-corrected chi connectivity index (χ3v) is 2.39. The predicted molar refractivity (Wildman–Crippen MR) is 68.3 cm³/mol. The summed E-state index contributed by atoms with van der Waals surface area (Å²) in [5.74, 6) is 0.490. The number of benzene rings is 1. The van der Waals surface area contributed by atoms with Gasteiger partial charge in [0.1, 0.15) is 12.9 Å². The first kappa shape index (κ1) is 12.5. The van der Waals surface area contributed by atoms with Gasteiger partial charge in [-0.05, 0) is 5.56 Å². The Balaban J connectivity index is 2.01. The van der Waals surface area contributed by atoms with Gasteiger partial charge in [0.2, 0.25) is 5.88 Å². The summed E-state index contributed by atoms with van der Waals surface area (Å²) in [4.78, 5) is 7.99. The summed E-state index contributed by atoms with van der Waals surface area (Å²) in [5.41, 5.74) is 7.91. The molecule has 2 aromatic rings. The van der Waals surface area contributed by atoms with E-state index in [-0.39, 0.29) is 0 Å². The lowest BCUT2D eigenvalue weighted by molar-refractivity contribution is 0.293. The highest BCUT2D eigenvalue weighted by atomic mass is 16.5. The molecule has 6 heteroatoms. The van der Waals surface area contributed by atoms with Crippen molar-refractivity contribution in [2.45, 2.75) is 13.2 Å². The first-order chi connectivity index (χ1) is 8.81. The molecule has 1 aromatic heterocycles. The molecular weight excluding hydrogens is 229 g/mol. The molecule has 0 atom stereocenters. The summed E-state index contributed by atoms with van der Waals surface area (Å²) in [7, 11) is 1.06. The van der Waals surface area contributed by atoms with Crippen molar-refractivity contribution in [2.24, 2.45) is 5.73 Å². The molecule has 0 aliphatic carbocycles. The van der Waals surface area contributed by atoms with E-state index in [0.29, 0.717) is 19.0 Å². The molecule has 5 nitrogen and oxygen atoms in total. The Morgan fingerprint density at radius 3 is 2.94 bits per heavy atom. The summed E-state index contributed by atoms with van der Waals surface area (Å²) >= 11 is 0. The highest BCUT2D eigenvalue weighted by Crippen LogP contribution is 2.09. The Hall–Kier alpha value is -1.92. The number of ether oxygens (including phenoxy) is 1. The van der Waals surface area contributed by atoms with Crippen LogP contribution in [-0.4, -0.2) is 22.5 Å². The fraction of sp³-hybridized carbons (Fsp3) is 0.167. The van der Waals surface area contributed by atoms with Crippen molar-refractivity contribution < 1.29 is 9.76 Å². The molecule has 1 heterocycles. The molecule has 3 N–H and O–H groups in total. The summed E-state index contributed by atoms with van der Waals surface area (Å²) < 4.78 is 5.53. The van der Waals surface area contributed by atoms with E-state index < -0.39 is 0 Å². The van der Waals surface area contributed by atoms with Crippen LogP contribution in [0.4, 0.5) is 0 Å². The molecule has 0 aliphatic heterocycles. The van der Waals surface area contributed by atoms with Gasteiger partial charge in [0, 0.05) is 12.6 Å². The number of hydrogen-bond donors (Lipinski definition) is 2. The summed E-state index contributed by atoms with van der Waals surface area (Å²) in [6.07, 6.45) is 1.43. The molecule has 0 saturated carbocycles. The highest BCUT2D eigenvalue weighted by molar-refractivity contribution is 6.45. The molecule has 0 unspecified atom stereocenters. The van der Waals surface area contributed by atoms with Crippen LogP contribution < -0.4 is 15.9 Å². The Labute approximate surface area is 106 Å². The van der Waals surface area contributed by atoms with Gasteiger partial charge in [0.05, 0.1) is 5.69 Å². The average molecular weight is 242 g/mol. The Morgan fingerprint density at radius 1 is 1.28 bits per heavy atom. The van der Waals surface area contributed by atoms with Gasteiger partial charge in [-0.1, -0.05) is 29.7 Å². The van der Waals surface area contributed by atoms with Gasteiger partial charge in [0.25, 0.3) is 0 Å². The van der Waals surface area contributed by atoms with Crippen LogP contribution in [0.15, 0.2) is 36.7 Å². The van der Waals surface area contributed by atoms with Crippen LogP contribution >= 0.6 is 0 Å². The third-order valence-electron chi connectivity index (χ3n) is 2.39. The lowest BCUT2D eigenvalue weighted by Crippen LogP contribution is -2.14. The standard InChI is InChI=1S/C12H13BN3O2/c14-6-11-5-12(16-8-15-11)18-7-9-2-1-3-10(4-9)13-17/h1-5,8,17H,6-7,14H2. The summed E-state index contributed by atoms with van der Waals surface area (Å²) in [6.45, 7) is 0.733. The smallest absolute Gasteiger partial charge is 0.326 e. The molecule has 0 bridgehead atoms. The maximum atomic E-state index is 8.92. The van der Waals surface area contributed by atoms with Gasteiger partial charge in [0.15, 0.2) is 0 Å². The largest absolute Gasteiger partial charge is 0.473 e. The van der Waals surface area contributed by atoms with Crippen LogP contribution in [0.25, 0.3) is 0 Å². The van der Waals surface area contributed by atoms with Crippen molar-refractivity contribution in [1.82, 2.24) is 9.97 Å². The monoisotopic (exact) mass is 242 g/mol. The molecule has 1 radical (unpaired) electrons. The first-order valence-corrected chi connectivity index (χ1v) is 5.52. The van der Waals surface area contributed by atoms with Crippen molar-refractivity contribution in [1.29, 1.82) is 0 Å². The zero-order valence-electron chi connectivity index (χ0n) is 9.78. The van der Waals surface area contributed by atoms with Crippen LogP contribution in [0.1, 0.15) is 11.3 Å². The SMILES string of the molecule is NCc1cc(OCc2cccc([B]O)c2)ncn1. The van der Waals surface area contributed by atoms with Gasteiger partial charge >= 0.3 is 7.48 Å². The minimum atomic E-state index is 0.355. The molecular formula is C12H13BN3O2. The van der Waals surface area contributed by atoms with Crippen LogP contribution in [-0.2, 0) is 13.2 Å². The Morgan fingerprint density at radius 2 is 2.17 bits per heavy atom. The minimum absolute atomic E-state index is 0.355. The van der Waals surface area contributed by atoms with E-state index in [2.05, 4.69) is 9.97 Å². The second-order valence-corrected chi connectivity index (χ2v) is 3.71. The lowest BCUT2D eigenvalue weighted by Gasteiger charge is -2.06. The molecule has 18 heavy (non-hydrogen) atoms. The molecule has 0 amide bonds. The Kier molecular flexibility index (Phi) is 4.27. The summed E-state index contributed by atoms with van der Waals surface area (Å²) in [5, 5.41) is 8.92. The zero-order chi connectivity index (χ0) is 12.8. The van der Waals surface area contributed by atoms with Gasteiger partial charge in [-0.2, -0.15) is 0 Å². The second-order valence-electron chi connectivity index (χ2n) is 3.71. The van der Waals surface area contributed by atoms with E-state index in [1.807, 2.05) is 18.2 Å². The van der Waals surface area contributed by atoms with E-state index >= 15 is 0 Å². The molecule has 1 aromatic carbocycles. The van der Waals surface area contributed by atoms with Gasteiger partial charge in [-0.15, -0.1) is 0 Å². The zero-order valence-corrected chi connectivity index (χ0v) is 9.78. The highest BCUT2D eigenvalue weighted by Gasteiger charge is 2.01. The fourth-order valence-electron chi connectivity index (χ4n) is 1.49. The first-order valence-electron chi connectivity index (χ1n) is 5.52. The number of nitrogens with two attached hydrogens (primary N) is 1. The average Bonchev–Trinajstić information content (AvgIpc) is 2.45. The van der Waals surface area contributed by atoms with Crippen molar-refractivity contribution in [3.05, 3.63) is 47.9 Å². The van der Waals surface area contributed by atoms with Crippen molar-refractivity contribution in [3.63, 3.8) is 0 Å². The molecule has 0 saturated heterocycles. The number of rotatable bonds is 5. The van der Waals surface area contributed by atoms with Gasteiger partial charge in [-0.3, -0.25) is 0 Å².